The van der Waals surface area contributed by atoms with Gasteiger partial charge in [0.1, 0.15) is 12.4 Å². The highest BCUT2D eigenvalue weighted by molar-refractivity contribution is 5.97. The van der Waals surface area contributed by atoms with Crippen molar-refractivity contribution in [3.8, 4) is 5.75 Å². The van der Waals surface area contributed by atoms with Crippen molar-refractivity contribution in [3.63, 3.8) is 0 Å². The van der Waals surface area contributed by atoms with Crippen LogP contribution in [0.3, 0.4) is 0 Å². The molecule has 1 aromatic rings. The summed E-state index contributed by atoms with van der Waals surface area (Å²) in [5.41, 5.74) is 1.42. The van der Waals surface area contributed by atoms with Crippen molar-refractivity contribution >= 4 is 17.4 Å². The van der Waals surface area contributed by atoms with Gasteiger partial charge in [-0.05, 0) is 24.6 Å². The van der Waals surface area contributed by atoms with E-state index in [1.54, 1.807) is 18.2 Å². The Morgan fingerprint density at radius 1 is 1.33 bits per heavy atom. The summed E-state index contributed by atoms with van der Waals surface area (Å²) in [6, 6.07) is 5.25. The summed E-state index contributed by atoms with van der Waals surface area (Å²) in [6.45, 7) is 1.35. The molecule has 1 heterocycles. The molecule has 5 heteroatoms. The summed E-state index contributed by atoms with van der Waals surface area (Å²) in [4.78, 5) is 22.2. The second-order valence-corrected chi connectivity index (χ2v) is 4.16. The second kappa shape index (κ2) is 5.53. The van der Waals surface area contributed by atoms with E-state index in [0.717, 1.165) is 18.0 Å². The van der Waals surface area contributed by atoms with Crippen LogP contribution in [0.25, 0.3) is 0 Å². The van der Waals surface area contributed by atoms with Gasteiger partial charge in [0.2, 0.25) is 0 Å². The molecular weight excluding hydrogens is 234 g/mol. The Labute approximate surface area is 105 Å². The predicted molar refractivity (Wildman–Crippen MR) is 66.2 cm³/mol. The molecule has 0 unspecified atom stereocenters. The molecule has 96 valence electrons. The van der Waals surface area contributed by atoms with Gasteiger partial charge in [-0.3, -0.25) is 9.59 Å². The van der Waals surface area contributed by atoms with Gasteiger partial charge >= 0.3 is 5.97 Å². The molecule has 0 radical (unpaired) electrons. The lowest BCUT2D eigenvalue weighted by Gasteiger charge is -2.19. The lowest BCUT2D eigenvalue weighted by Crippen LogP contribution is -2.18. The van der Waals surface area contributed by atoms with E-state index < -0.39 is 5.97 Å². The average Bonchev–Trinajstić information content (AvgIpc) is 2.37. The Kier molecular flexibility index (Phi) is 3.82. The molecule has 1 aromatic carbocycles. The fourth-order valence-electron chi connectivity index (χ4n) is 1.86. The molecule has 0 aliphatic carbocycles. The van der Waals surface area contributed by atoms with Gasteiger partial charge in [-0.2, -0.15) is 0 Å². The van der Waals surface area contributed by atoms with Gasteiger partial charge in [0.05, 0.1) is 5.69 Å². The molecule has 0 spiro atoms. The molecular formula is C13H15NO4. The third-order valence-electron chi connectivity index (χ3n) is 2.77. The van der Waals surface area contributed by atoms with Crippen LogP contribution in [0.4, 0.5) is 5.69 Å². The minimum absolute atomic E-state index is 0.0258. The lowest BCUT2D eigenvalue weighted by molar-refractivity contribution is -0.137. The monoisotopic (exact) mass is 249 g/mol. The molecule has 0 saturated heterocycles. The molecule has 5 nitrogen and oxygen atoms in total. The summed E-state index contributed by atoms with van der Waals surface area (Å²) in [6.07, 6.45) is 0.652. The van der Waals surface area contributed by atoms with Crippen LogP contribution in [0.5, 0.6) is 5.75 Å². The van der Waals surface area contributed by atoms with Crippen molar-refractivity contribution in [1.29, 1.82) is 0 Å². The molecule has 0 bridgehead atoms. The quantitative estimate of drug-likeness (QED) is 0.780. The molecule has 0 aromatic heterocycles. The van der Waals surface area contributed by atoms with Crippen molar-refractivity contribution in [2.24, 2.45) is 0 Å². The minimum Gasteiger partial charge on any atom is -0.490 e. The molecule has 0 atom stereocenters. The summed E-state index contributed by atoms with van der Waals surface area (Å²) in [5, 5.41) is 11.7. The Bertz CT molecular complexity index is 470. The van der Waals surface area contributed by atoms with E-state index in [9.17, 15) is 9.59 Å². The maximum absolute atomic E-state index is 11.9. The van der Waals surface area contributed by atoms with Gasteiger partial charge in [-0.15, -0.1) is 0 Å². The number of ether oxygens (including phenoxy) is 1. The van der Waals surface area contributed by atoms with Crippen LogP contribution in [0, 0.1) is 0 Å². The number of ketones is 1. The van der Waals surface area contributed by atoms with Crippen LogP contribution in [0.15, 0.2) is 18.2 Å². The first-order valence-corrected chi connectivity index (χ1v) is 5.92. The van der Waals surface area contributed by atoms with Crippen molar-refractivity contribution in [1.82, 2.24) is 0 Å². The number of carboxylic acids is 1. The van der Waals surface area contributed by atoms with Crippen LogP contribution >= 0.6 is 0 Å². The van der Waals surface area contributed by atoms with Gasteiger partial charge in [-0.1, -0.05) is 0 Å². The fraction of sp³-hybridized carbons (Fsp3) is 0.385. The molecule has 0 amide bonds. The van der Waals surface area contributed by atoms with Crippen LogP contribution in [-0.4, -0.2) is 30.0 Å². The first-order chi connectivity index (χ1) is 8.66. The van der Waals surface area contributed by atoms with E-state index in [1.165, 1.54) is 0 Å². The van der Waals surface area contributed by atoms with Crippen molar-refractivity contribution in [2.45, 2.75) is 19.3 Å². The first-order valence-electron chi connectivity index (χ1n) is 5.92. The number of anilines is 1. The number of hydrogen-bond acceptors (Lipinski definition) is 4. The minimum atomic E-state index is -0.872. The number of carbonyl (C=O) groups excluding carboxylic acids is 1. The molecule has 1 aliphatic heterocycles. The maximum atomic E-state index is 11.9. The Balaban J connectivity index is 2.00. The Hall–Kier alpha value is -2.04. The number of hydrogen-bond donors (Lipinski definition) is 2. The summed E-state index contributed by atoms with van der Waals surface area (Å²) in [5.74, 6) is -0.155. The maximum Gasteiger partial charge on any atom is 0.303 e. The lowest BCUT2D eigenvalue weighted by atomic mass is 10.0. The van der Waals surface area contributed by atoms with E-state index in [0.29, 0.717) is 18.6 Å². The zero-order valence-corrected chi connectivity index (χ0v) is 9.94. The number of nitrogens with one attached hydrogen (secondary N) is 1. The molecule has 0 fully saturated rings. The van der Waals surface area contributed by atoms with Crippen LogP contribution in [-0.2, 0) is 4.79 Å². The zero-order valence-electron chi connectivity index (χ0n) is 9.94. The Morgan fingerprint density at radius 2 is 2.17 bits per heavy atom. The highest BCUT2D eigenvalue weighted by Gasteiger charge is 2.13. The van der Waals surface area contributed by atoms with E-state index in [1.807, 2.05) is 0 Å². The topological polar surface area (TPSA) is 75.6 Å². The van der Waals surface area contributed by atoms with Crippen molar-refractivity contribution in [2.75, 3.05) is 18.5 Å². The number of carbonyl (C=O) groups is 2. The number of Topliss-reactive ketones (excluding diaryl/α,β-unsaturated/α-hetero) is 1. The van der Waals surface area contributed by atoms with Gasteiger partial charge in [-0.25, -0.2) is 0 Å². The third-order valence-corrected chi connectivity index (χ3v) is 2.77. The average molecular weight is 249 g/mol. The number of carboxylic acid groups (broad SMARTS) is 1. The van der Waals surface area contributed by atoms with Crippen LogP contribution in [0.2, 0.25) is 0 Å². The van der Waals surface area contributed by atoms with Crippen molar-refractivity contribution < 1.29 is 19.4 Å². The van der Waals surface area contributed by atoms with Crippen molar-refractivity contribution in [3.05, 3.63) is 23.8 Å². The summed E-state index contributed by atoms with van der Waals surface area (Å²) >= 11 is 0. The molecule has 2 N–H and O–H groups in total. The van der Waals surface area contributed by atoms with E-state index in [2.05, 4.69) is 5.32 Å². The number of aliphatic carboxylic acids is 1. The van der Waals surface area contributed by atoms with E-state index >= 15 is 0 Å². The van der Waals surface area contributed by atoms with Gasteiger partial charge < -0.3 is 15.2 Å². The smallest absolute Gasteiger partial charge is 0.303 e. The number of fused-ring (bicyclic) bond motifs is 1. The molecule has 0 saturated carbocycles. The van der Waals surface area contributed by atoms with Gasteiger partial charge in [0.25, 0.3) is 0 Å². The Morgan fingerprint density at radius 3 is 2.94 bits per heavy atom. The normalized spacial score (nSPS) is 13.1. The van der Waals surface area contributed by atoms with Crippen LogP contribution < -0.4 is 10.1 Å². The second-order valence-electron chi connectivity index (χ2n) is 4.16. The molecule has 2 rings (SSSR count). The standard InChI is InChI=1S/C13H15NO4/c15-11(2-1-3-13(16)17)9-4-5-12-10(8-9)14-6-7-18-12/h4-5,8,14H,1-3,6-7H2,(H,16,17). The molecule has 1 aliphatic rings. The highest BCUT2D eigenvalue weighted by Crippen LogP contribution is 2.28. The van der Waals surface area contributed by atoms with E-state index in [-0.39, 0.29) is 18.6 Å². The summed E-state index contributed by atoms with van der Waals surface area (Å²) < 4.78 is 5.42. The third kappa shape index (κ3) is 3.00. The highest BCUT2D eigenvalue weighted by atomic mass is 16.5. The van der Waals surface area contributed by atoms with Crippen LogP contribution in [0.1, 0.15) is 29.6 Å². The van der Waals surface area contributed by atoms with Gasteiger partial charge in [0, 0.05) is 24.9 Å². The first kappa shape index (κ1) is 12.4. The van der Waals surface area contributed by atoms with E-state index in [4.69, 9.17) is 9.84 Å². The number of rotatable bonds is 5. The largest absolute Gasteiger partial charge is 0.490 e. The molecule has 18 heavy (non-hydrogen) atoms. The predicted octanol–water partition coefficient (Wildman–Crippen LogP) is 1.93. The number of benzene rings is 1. The van der Waals surface area contributed by atoms with Gasteiger partial charge in [0.15, 0.2) is 5.78 Å². The zero-order chi connectivity index (χ0) is 13.0. The fourth-order valence-corrected chi connectivity index (χ4v) is 1.86. The SMILES string of the molecule is O=C(O)CCCC(=O)c1ccc2c(c1)NCCO2. The summed E-state index contributed by atoms with van der Waals surface area (Å²) in [7, 11) is 0.